The molecule has 122 valence electrons. The summed E-state index contributed by atoms with van der Waals surface area (Å²) >= 11 is 0. The van der Waals surface area contributed by atoms with Crippen LogP contribution in [-0.2, 0) is 6.42 Å². The van der Waals surface area contributed by atoms with E-state index in [1.54, 1.807) is 6.07 Å². The largest absolute Gasteiger partial charge is 0.505 e. The number of hydrogen-bond donors (Lipinski definition) is 4. The van der Waals surface area contributed by atoms with Crippen LogP contribution in [0.25, 0.3) is 0 Å². The van der Waals surface area contributed by atoms with E-state index in [0.29, 0.717) is 25.6 Å². The Bertz CT molecular complexity index is 736. The van der Waals surface area contributed by atoms with E-state index in [9.17, 15) is 24.1 Å². The van der Waals surface area contributed by atoms with Crippen molar-refractivity contribution in [2.45, 2.75) is 12.3 Å². The minimum absolute atomic E-state index is 0.00560. The van der Waals surface area contributed by atoms with Gasteiger partial charge in [-0.2, -0.15) is 0 Å². The highest BCUT2D eigenvalue weighted by atomic mass is 19.1. The predicted molar refractivity (Wildman–Crippen MR) is 80.6 cm³/mol. The van der Waals surface area contributed by atoms with Gasteiger partial charge in [0.15, 0.2) is 23.1 Å². The van der Waals surface area contributed by atoms with Gasteiger partial charge in [0.25, 0.3) is 0 Å². The van der Waals surface area contributed by atoms with Gasteiger partial charge >= 0.3 is 0 Å². The number of phenolic OH excluding ortho intramolecular Hbond substituents is 3. The summed E-state index contributed by atoms with van der Waals surface area (Å²) in [5, 5.41) is 32.0. The average Bonchev–Trinajstić information content (AvgIpc) is 2.95. The first-order valence-electron chi connectivity index (χ1n) is 7.35. The van der Waals surface area contributed by atoms with Crippen LogP contribution in [0.2, 0.25) is 0 Å². The second-order valence-corrected chi connectivity index (χ2v) is 5.87. The van der Waals surface area contributed by atoms with E-state index in [1.165, 1.54) is 12.1 Å². The Morgan fingerprint density at radius 2 is 1.78 bits per heavy atom. The van der Waals surface area contributed by atoms with Crippen molar-refractivity contribution >= 4 is 0 Å². The Morgan fingerprint density at radius 3 is 2.52 bits per heavy atom. The molecule has 4 N–H and O–H groups in total. The Labute approximate surface area is 132 Å². The summed E-state index contributed by atoms with van der Waals surface area (Å²) in [7, 11) is 0. The minimum Gasteiger partial charge on any atom is -0.505 e. The third-order valence-electron chi connectivity index (χ3n) is 4.36. The summed E-state index contributed by atoms with van der Waals surface area (Å²) < 4.78 is 26.8. The van der Waals surface area contributed by atoms with Crippen LogP contribution in [0.1, 0.15) is 17.0 Å². The number of phenols is 3. The first-order chi connectivity index (χ1) is 11.0. The molecule has 2 aromatic rings. The number of nitrogens with one attached hydrogen (secondary N) is 1. The lowest BCUT2D eigenvalue weighted by Gasteiger charge is -2.20. The first-order valence-corrected chi connectivity index (χ1v) is 7.35. The van der Waals surface area contributed by atoms with Gasteiger partial charge in [-0.15, -0.1) is 0 Å². The molecule has 1 fully saturated rings. The van der Waals surface area contributed by atoms with Gasteiger partial charge in [0.1, 0.15) is 5.82 Å². The minimum atomic E-state index is -0.968. The molecule has 2 atom stereocenters. The van der Waals surface area contributed by atoms with Gasteiger partial charge in [-0.3, -0.25) is 0 Å². The maximum atomic E-state index is 13.5. The Balaban J connectivity index is 1.86. The molecule has 1 aliphatic rings. The molecule has 0 aliphatic carbocycles. The van der Waals surface area contributed by atoms with E-state index in [1.807, 2.05) is 0 Å². The molecule has 6 heteroatoms. The third-order valence-corrected chi connectivity index (χ3v) is 4.36. The van der Waals surface area contributed by atoms with Crippen LogP contribution in [0.15, 0.2) is 30.3 Å². The van der Waals surface area contributed by atoms with E-state index in [4.69, 9.17) is 0 Å². The summed E-state index contributed by atoms with van der Waals surface area (Å²) in [5.41, 5.74) is 1.05. The van der Waals surface area contributed by atoms with E-state index < -0.39 is 17.4 Å². The Kier molecular flexibility index (Phi) is 4.09. The predicted octanol–water partition coefficient (Wildman–Crippen LogP) is 2.63. The fraction of sp³-hybridized carbons (Fsp3) is 0.294. The van der Waals surface area contributed by atoms with Gasteiger partial charge in [0.2, 0.25) is 0 Å². The molecular weight excluding hydrogens is 304 g/mol. The summed E-state index contributed by atoms with van der Waals surface area (Å²) in [4.78, 5) is 0. The van der Waals surface area contributed by atoms with Gasteiger partial charge < -0.3 is 20.6 Å². The lowest BCUT2D eigenvalue weighted by Crippen LogP contribution is -2.14. The van der Waals surface area contributed by atoms with Crippen molar-refractivity contribution < 1.29 is 24.1 Å². The highest BCUT2D eigenvalue weighted by Crippen LogP contribution is 2.36. The quantitative estimate of drug-likeness (QED) is 0.656. The summed E-state index contributed by atoms with van der Waals surface area (Å²) in [6, 6.07) is 6.42. The van der Waals surface area contributed by atoms with Gasteiger partial charge in [0.05, 0.1) is 0 Å². The Hall–Kier alpha value is -2.34. The molecule has 23 heavy (non-hydrogen) atoms. The maximum Gasteiger partial charge on any atom is 0.168 e. The number of aromatic hydroxyl groups is 3. The van der Waals surface area contributed by atoms with Gasteiger partial charge in [-0.1, -0.05) is 6.07 Å². The second-order valence-electron chi connectivity index (χ2n) is 5.87. The standard InChI is InChI=1S/C17H17F2NO3/c18-12-4-10(17(23)14(19)6-12)3-11-7-20-8-13(11)9-1-2-15(21)16(22)5-9/h1-2,4-6,11,13,20-23H,3,7-8H2/t11-,13+/m1/s1. The molecule has 0 spiro atoms. The SMILES string of the molecule is Oc1ccc([C@@H]2CNC[C@H]2Cc2cc(F)cc(F)c2O)cc1O. The monoisotopic (exact) mass is 321 g/mol. The van der Waals surface area contributed by atoms with Crippen LogP contribution >= 0.6 is 0 Å². The lowest BCUT2D eigenvalue weighted by molar-refractivity contribution is 0.400. The number of halogens is 2. The first kappa shape index (κ1) is 15.6. The number of hydrogen-bond acceptors (Lipinski definition) is 4. The lowest BCUT2D eigenvalue weighted by atomic mass is 9.84. The van der Waals surface area contributed by atoms with Crippen LogP contribution in [0.4, 0.5) is 8.78 Å². The van der Waals surface area contributed by atoms with E-state index in [0.717, 1.165) is 11.6 Å². The maximum absolute atomic E-state index is 13.5. The van der Waals surface area contributed by atoms with Crippen molar-refractivity contribution in [3.63, 3.8) is 0 Å². The number of benzene rings is 2. The molecule has 0 bridgehead atoms. The zero-order valence-electron chi connectivity index (χ0n) is 12.3. The molecule has 2 aromatic carbocycles. The van der Waals surface area contributed by atoms with Crippen LogP contribution < -0.4 is 5.32 Å². The fourth-order valence-electron chi connectivity index (χ4n) is 3.17. The topological polar surface area (TPSA) is 72.7 Å². The smallest absolute Gasteiger partial charge is 0.168 e. The van der Waals surface area contributed by atoms with Crippen LogP contribution in [0.3, 0.4) is 0 Å². The fourth-order valence-corrected chi connectivity index (χ4v) is 3.17. The van der Waals surface area contributed by atoms with Crippen molar-refractivity contribution in [2.75, 3.05) is 13.1 Å². The van der Waals surface area contributed by atoms with Gasteiger partial charge in [-0.05, 0) is 42.6 Å². The van der Waals surface area contributed by atoms with E-state index in [-0.39, 0.29) is 28.9 Å². The summed E-state index contributed by atoms with van der Waals surface area (Å²) in [5.74, 6) is -2.59. The zero-order valence-corrected chi connectivity index (χ0v) is 12.3. The van der Waals surface area contributed by atoms with Crippen molar-refractivity contribution in [3.05, 3.63) is 53.1 Å². The van der Waals surface area contributed by atoms with Crippen molar-refractivity contribution in [1.29, 1.82) is 0 Å². The molecule has 3 rings (SSSR count). The molecule has 0 aromatic heterocycles. The second kappa shape index (κ2) is 6.04. The van der Waals surface area contributed by atoms with E-state index in [2.05, 4.69) is 5.32 Å². The molecular formula is C17H17F2NO3. The zero-order chi connectivity index (χ0) is 16.6. The number of rotatable bonds is 3. The van der Waals surface area contributed by atoms with Crippen LogP contribution in [-0.4, -0.2) is 28.4 Å². The average molecular weight is 321 g/mol. The molecule has 0 unspecified atom stereocenters. The molecule has 0 saturated carbocycles. The molecule has 1 saturated heterocycles. The molecule has 4 nitrogen and oxygen atoms in total. The normalized spacial score (nSPS) is 20.8. The van der Waals surface area contributed by atoms with Crippen LogP contribution in [0, 0.1) is 17.6 Å². The third kappa shape index (κ3) is 3.07. The van der Waals surface area contributed by atoms with Crippen molar-refractivity contribution in [3.8, 4) is 17.2 Å². The molecule has 0 amide bonds. The highest BCUT2D eigenvalue weighted by molar-refractivity contribution is 5.42. The highest BCUT2D eigenvalue weighted by Gasteiger charge is 2.30. The molecule has 1 heterocycles. The van der Waals surface area contributed by atoms with E-state index >= 15 is 0 Å². The van der Waals surface area contributed by atoms with Gasteiger partial charge in [-0.25, -0.2) is 8.78 Å². The summed E-state index contributed by atoms with van der Waals surface area (Å²) in [6.45, 7) is 1.28. The Morgan fingerprint density at radius 1 is 1.00 bits per heavy atom. The molecule has 1 aliphatic heterocycles. The van der Waals surface area contributed by atoms with Crippen molar-refractivity contribution in [2.24, 2.45) is 5.92 Å². The van der Waals surface area contributed by atoms with Crippen molar-refractivity contribution in [1.82, 2.24) is 5.32 Å². The van der Waals surface area contributed by atoms with Gasteiger partial charge in [0, 0.05) is 24.1 Å². The summed E-state index contributed by atoms with van der Waals surface area (Å²) in [6.07, 6.45) is 0.305. The molecule has 0 radical (unpaired) electrons. The van der Waals surface area contributed by atoms with Crippen LogP contribution in [0.5, 0.6) is 17.2 Å².